The molecule has 1 atom stereocenters. The fourth-order valence-corrected chi connectivity index (χ4v) is 3.61. The third kappa shape index (κ3) is 8.06. The van der Waals surface area contributed by atoms with Crippen LogP contribution in [0, 0.1) is 5.92 Å². The molecule has 110 valence electrons. The number of rotatable bonds is 11. The summed E-state index contributed by atoms with van der Waals surface area (Å²) in [5.41, 5.74) is 0. The maximum atomic E-state index is 11.9. The summed E-state index contributed by atoms with van der Waals surface area (Å²) in [6.45, 7) is 10.1. The van der Waals surface area contributed by atoms with Crippen LogP contribution < -0.4 is 10.0 Å². The van der Waals surface area contributed by atoms with Crippen molar-refractivity contribution in [3.05, 3.63) is 0 Å². The molecule has 0 rings (SSSR count). The number of unbranched alkanes of at least 4 members (excludes halogenated alkanes) is 1. The van der Waals surface area contributed by atoms with Crippen molar-refractivity contribution in [2.24, 2.45) is 5.92 Å². The fourth-order valence-electron chi connectivity index (χ4n) is 2.15. The average Bonchev–Trinajstić information content (AvgIpc) is 2.29. The van der Waals surface area contributed by atoms with E-state index in [-0.39, 0.29) is 11.8 Å². The zero-order chi connectivity index (χ0) is 14.0. The number of nitrogens with one attached hydrogen (secondary N) is 2. The predicted octanol–water partition coefficient (Wildman–Crippen LogP) is 2.12. The van der Waals surface area contributed by atoms with Crippen LogP contribution in [0.5, 0.6) is 0 Å². The quantitative estimate of drug-likeness (QED) is 0.569. The molecule has 1 unspecified atom stereocenters. The standard InChI is InChI=1S/C13H30N2O2S/c1-5-13(6-2)12(4)15-18(16,17)11-9-8-10-14-7-3/h12-15H,5-11H2,1-4H3. The van der Waals surface area contributed by atoms with E-state index < -0.39 is 10.0 Å². The van der Waals surface area contributed by atoms with Crippen molar-refractivity contribution in [2.75, 3.05) is 18.8 Å². The van der Waals surface area contributed by atoms with Gasteiger partial charge in [-0.3, -0.25) is 0 Å². The van der Waals surface area contributed by atoms with Gasteiger partial charge >= 0.3 is 0 Å². The van der Waals surface area contributed by atoms with Gasteiger partial charge in [0, 0.05) is 6.04 Å². The smallest absolute Gasteiger partial charge is 0.211 e. The first kappa shape index (κ1) is 17.9. The van der Waals surface area contributed by atoms with Gasteiger partial charge in [0.05, 0.1) is 5.75 Å². The summed E-state index contributed by atoms with van der Waals surface area (Å²) in [4.78, 5) is 0. The van der Waals surface area contributed by atoms with Crippen molar-refractivity contribution in [1.82, 2.24) is 10.0 Å². The molecule has 0 heterocycles. The van der Waals surface area contributed by atoms with Crippen molar-refractivity contribution in [3.63, 3.8) is 0 Å². The molecule has 0 saturated heterocycles. The second-order valence-electron chi connectivity index (χ2n) is 4.86. The van der Waals surface area contributed by atoms with E-state index in [9.17, 15) is 8.42 Å². The molecular weight excluding hydrogens is 248 g/mol. The summed E-state index contributed by atoms with van der Waals surface area (Å²) >= 11 is 0. The van der Waals surface area contributed by atoms with Crippen LogP contribution in [0.4, 0.5) is 0 Å². The van der Waals surface area contributed by atoms with Gasteiger partial charge in [-0.1, -0.05) is 33.6 Å². The highest BCUT2D eigenvalue weighted by Crippen LogP contribution is 2.13. The Labute approximate surface area is 113 Å². The molecular formula is C13H30N2O2S. The molecule has 0 aromatic heterocycles. The van der Waals surface area contributed by atoms with E-state index in [0.29, 0.717) is 5.92 Å². The molecule has 0 aliphatic carbocycles. The zero-order valence-corrected chi connectivity index (χ0v) is 13.1. The zero-order valence-electron chi connectivity index (χ0n) is 12.3. The Morgan fingerprint density at radius 3 is 2.17 bits per heavy atom. The van der Waals surface area contributed by atoms with E-state index in [1.165, 1.54) is 0 Å². The number of hydrogen-bond donors (Lipinski definition) is 2. The summed E-state index contributed by atoms with van der Waals surface area (Å²) in [7, 11) is -3.11. The lowest BCUT2D eigenvalue weighted by atomic mass is 9.96. The molecule has 0 fully saturated rings. The molecule has 0 aliphatic heterocycles. The minimum Gasteiger partial charge on any atom is -0.317 e. The fraction of sp³-hybridized carbons (Fsp3) is 1.00. The Morgan fingerprint density at radius 2 is 1.67 bits per heavy atom. The topological polar surface area (TPSA) is 58.2 Å². The van der Waals surface area contributed by atoms with E-state index in [0.717, 1.165) is 38.8 Å². The Balaban J connectivity index is 3.99. The molecule has 0 radical (unpaired) electrons. The first-order valence-electron chi connectivity index (χ1n) is 7.17. The van der Waals surface area contributed by atoms with Crippen molar-refractivity contribution >= 4 is 10.0 Å². The number of hydrogen-bond acceptors (Lipinski definition) is 3. The SMILES string of the molecule is CCNCCCCS(=O)(=O)NC(C)C(CC)CC. The lowest BCUT2D eigenvalue weighted by Crippen LogP contribution is -2.39. The van der Waals surface area contributed by atoms with Crippen LogP contribution in [-0.2, 0) is 10.0 Å². The highest BCUT2D eigenvalue weighted by Gasteiger charge is 2.19. The molecule has 18 heavy (non-hydrogen) atoms. The van der Waals surface area contributed by atoms with Crippen LogP contribution in [0.2, 0.25) is 0 Å². The maximum absolute atomic E-state index is 11.9. The van der Waals surface area contributed by atoms with E-state index in [1.807, 2.05) is 6.92 Å². The van der Waals surface area contributed by atoms with Crippen molar-refractivity contribution in [2.45, 2.75) is 59.4 Å². The van der Waals surface area contributed by atoms with Crippen LogP contribution >= 0.6 is 0 Å². The summed E-state index contributed by atoms with van der Waals surface area (Å²) in [5.74, 6) is 0.671. The van der Waals surface area contributed by atoms with Gasteiger partial charge in [0.15, 0.2) is 0 Å². The molecule has 0 amide bonds. The van der Waals surface area contributed by atoms with Gasteiger partial charge in [0.25, 0.3) is 0 Å². The molecule has 0 aromatic carbocycles. The van der Waals surface area contributed by atoms with Crippen LogP contribution in [0.15, 0.2) is 0 Å². The molecule has 2 N–H and O–H groups in total. The minimum atomic E-state index is -3.11. The Kier molecular flexibility index (Phi) is 9.68. The van der Waals surface area contributed by atoms with E-state index >= 15 is 0 Å². The Morgan fingerprint density at radius 1 is 1.06 bits per heavy atom. The first-order chi connectivity index (χ1) is 8.46. The van der Waals surface area contributed by atoms with Crippen LogP contribution in [-0.4, -0.2) is 33.3 Å². The third-order valence-corrected chi connectivity index (χ3v) is 4.94. The second kappa shape index (κ2) is 9.75. The molecule has 0 bridgehead atoms. The summed E-state index contributed by atoms with van der Waals surface area (Å²) in [6.07, 6.45) is 3.66. The Bertz CT molecular complexity index is 287. The van der Waals surface area contributed by atoms with Crippen molar-refractivity contribution < 1.29 is 8.42 Å². The average molecular weight is 278 g/mol. The highest BCUT2D eigenvalue weighted by molar-refractivity contribution is 7.89. The van der Waals surface area contributed by atoms with Gasteiger partial charge in [0.2, 0.25) is 10.0 Å². The van der Waals surface area contributed by atoms with Gasteiger partial charge in [-0.2, -0.15) is 0 Å². The molecule has 4 nitrogen and oxygen atoms in total. The predicted molar refractivity (Wildman–Crippen MR) is 78.2 cm³/mol. The van der Waals surface area contributed by atoms with E-state index in [4.69, 9.17) is 0 Å². The molecule has 0 saturated carbocycles. The van der Waals surface area contributed by atoms with Gasteiger partial charge < -0.3 is 5.32 Å². The van der Waals surface area contributed by atoms with Gasteiger partial charge in [-0.25, -0.2) is 13.1 Å². The molecule has 0 aliphatic rings. The van der Waals surface area contributed by atoms with Gasteiger partial charge in [0.1, 0.15) is 0 Å². The lowest BCUT2D eigenvalue weighted by molar-refractivity contribution is 0.390. The monoisotopic (exact) mass is 278 g/mol. The van der Waals surface area contributed by atoms with E-state index in [1.54, 1.807) is 0 Å². The van der Waals surface area contributed by atoms with Crippen LogP contribution in [0.3, 0.4) is 0 Å². The summed E-state index contributed by atoms with van der Waals surface area (Å²) in [5, 5.41) is 3.20. The van der Waals surface area contributed by atoms with Crippen molar-refractivity contribution in [1.29, 1.82) is 0 Å². The largest absolute Gasteiger partial charge is 0.317 e. The van der Waals surface area contributed by atoms with Gasteiger partial charge in [-0.15, -0.1) is 0 Å². The van der Waals surface area contributed by atoms with E-state index in [2.05, 4.69) is 30.8 Å². The van der Waals surface area contributed by atoms with Gasteiger partial charge in [-0.05, 0) is 38.8 Å². The summed E-state index contributed by atoms with van der Waals surface area (Å²) < 4.78 is 26.6. The molecule has 5 heteroatoms. The van der Waals surface area contributed by atoms with Crippen LogP contribution in [0.25, 0.3) is 0 Å². The maximum Gasteiger partial charge on any atom is 0.211 e. The lowest BCUT2D eigenvalue weighted by Gasteiger charge is -2.22. The highest BCUT2D eigenvalue weighted by atomic mass is 32.2. The Hall–Kier alpha value is -0.130. The minimum absolute atomic E-state index is 0.0405. The van der Waals surface area contributed by atoms with Crippen molar-refractivity contribution in [3.8, 4) is 0 Å². The van der Waals surface area contributed by atoms with Crippen LogP contribution in [0.1, 0.15) is 53.4 Å². The third-order valence-electron chi connectivity index (χ3n) is 3.39. The molecule has 0 aromatic rings. The second-order valence-corrected chi connectivity index (χ2v) is 6.74. The summed E-state index contributed by atoms with van der Waals surface area (Å²) in [6, 6.07) is 0.0405. The number of sulfonamides is 1. The molecule has 0 spiro atoms. The normalized spacial score (nSPS) is 14.1. The first-order valence-corrected chi connectivity index (χ1v) is 8.82.